The van der Waals surface area contributed by atoms with Crippen LogP contribution in [-0.2, 0) is 65.4 Å². The van der Waals surface area contributed by atoms with E-state index in [0.717, 1.165) is 116 Å². The van der Waals surface area contributed by atoms with E-state index in [1.807, 2.05) is 48.6 Å². The minimum absolute atomic E-state index is 0.00533. The van der Waals surface area contributed by atoms with Crippen LogP contribution in [0.5, 0.6) is 0 Å². The van der Waals surface area contributed by atoms with Crippen molar-refractivity contribution < 1.29 is 80.2 Å². The summed E-state index contributed by atoms with van der Waals surface area (Å²) in [5, 5.41) is 10.7. The van der Waals surface area contributed by atoms with Crippen LogP contribution in [0.15, 0.2) is 182 Å². The molecule has 0 bridgehead atoms. The summed E-state index contributed by atoms with van der Waals surface area (Å²) in [5.74, 6) is -2.46. The number of rotatable bonds is 77. The molecule has 0 heterocycles. The molecule has 0 aromatic heterocycles. The second-order valence-electron chi connectivity index (χ2n) is 27.3. The van der Waals surface area contributed by atoms with Gasteiger partial charge >= 0.3 is 39.5 Å². The van der Waals surface area contributed by atoms with Crippen LogP contribution < -0.4 is 0 Å². The summed E-state index contributed by atoms with van der Waals surface area (Å²) in [5.41, 5.74) is 0. The Hall–Kier alpha value is -5.84. The molecule has 0 aliphatic carbocycles. The van der Waals surface area contributed by atoms with Gasteiger partial charge in [0, 0.05) is 25.7 Å². The second-order valence-corrected chi connectivity index (χ2v) is 30.3. The van der Waals surface area contributed by atoms with Gasteiger partial charge < -0.3 is 33.8 Å². The minimum atomic E-state index is -5.03. The lowest BCUT2D eigenvalue weighted by Gasteiger charge is -2.21. The maximum Gasteiger partial charge on any atom is 0.472 e. The maximum atomic E-state index is 13.1. The predicted octanol–water partition coefficient (Wildman–Crippen LogP) is 25.1. The van der Waals surface area contributed by atoms with Gasteiger partial charge in [0.2, 0.25) is 0 Å². The van der Waals surface area contributed by atoms with Gasteiger partial charge in [0.1, 0.15) is 19.3 Å². The molecular formula is C91H148O17P2. The Balaban J connectivity index is 5.58. The van der Waals surface area contributed by atoms with Crippen LogP contribution in [0.3, 0.4) is 0 Å². The van der Waals surface area contributed by atoms with Gasteiger partial charge in [0.15, 0.2) is 12.2 Å². The first-order valence-electron chi connectivity index (χ1n) is 42.0. The normalized spacial score (nSPS) is 14.7. The van der Waals surface area contributed by atoms with E-state index in [2.05, 4.69) is 161 Å². The van der Waals surface area contributed by atoms with Crippen molar-refractivity contribution >= 4 is 39.5 Å². The van der Waals surface area contributed by atoms with Crippen LogP contribution >= 0.6 is 15.6 Å². The summed E-state index contributed by atoms with van der Waals surface area (Å²) >= 11 is 0. The number of aliphatic hydroxyl groups excluding tert-OH is 1. The van der Waals surface area contributed by atoms with Crippen molar-refractivity contribution in [2.75, 3.05) is 39.6 Å². The summed E-state index contributed by atoms with van der Waals surface area (Å²) in [4.78, 5) is 73.1. The second kappa shape index (κ2) is 81.2. The fraction of sp³-hybridized carbons (Fsp3) is 0.626. The zero-order valence-corrected chi connectivity index (χ0v) is 70.1. The Morgan fingerprint density at radius 3 is 0.809 bits per heavy atom. The van der Waals surface area contributed by atoms with Crippen molar-refractivity contribution in [1.29, 1.82) is 0 Å². The summed E-state index contributed by atoms with van der Waals surface area (Å²) in [6.45, 7) is 4.54. The molecule has 624 valence electrons. The van der Waals surface area contributed by atoms with Gasteiger partial charge in [-0.25, -0.2) is 9.13 Å². The van der Waals surface area contributed by atoms with Gasteiger partial charge in [-0.2, -0.15) is 0 Å². The summed E-state index contributed by atoms with van der Waals surface area (Å²) in [6.07, 6.45) is 99.0. The maximum absolute atomic E-state index is 13.1. The molecule has 0 aliphatic rings. The molecule has 2 unspecified atom stereocenters. The molecule has 0 aromatic carbocycles. The topological polar surface area (TPSA) is 237 Å². The molecule has 0 saturated heterocycles. The van der Waals surface area contributed by atoms with Crippen LogP contribution in [0.4, 0.5) is 0 Å². The Kier molecular flexibility index (Phi) is 76.9. The highest BCUT2D eigenvalue weighted by Crippen LogP contribution is 2.45. The van der Waals surface area contributed by atoms with Crippen molar-refractivity contribution in [1.82, 2.24) is 0 Å². The third-order valence-electron chi connectivity index (χ3n) is 16.8. The number of unbranched alkanes of at least 4 members (excludes halogenated alkanes) is 21. The summed E-state index contributed by atoms with van der Waals surface area (Å²) in [7, 11) is -10.0. The van der Waals surface area contributed by atoms with Crippen molar-refractivity contribution in [2.45, 2.75) is 329 Å². The van der Waals surface area contributed by atoms with Crippen LogP contribution in [0.25, 0.3) is 0 Å². The van der Waals surface area contributed by atoms with E-state index in [-0.39, 0.29) is 25.7 Å². The van der Waals surface area contributed by atoms with Gasteiger partial charge in [-0.3, -0.25) is 37.3 Å². The van der Waals surface area contributed by atoms with E-state index in [1.54, 1.807) is 0 Å². The van der Waals surface area contributed by atoms with Gasteiger partial charge in [-0.05, 0) is 167 Å². The van der Waals surface area contributed by atoms with Crippen LogP contribution in [-0.4, -0.2) is 96.7 Å². The molecule has 0 amide bonds. The van der Waals surface area contributed by atoms with E-state index in [4.69, 9.17) is 37.0 Å². The first-order chi connectivity index (χ1) is 53.7. The lowest BCUT2D eigenvalue weighted by atomic mass is 10.1. The zero-order chi connectivity index (χ0) is 80.3. The lowest BCUT2D eigenvalue weighted by molar-refractivity contribution is -0.161. The first kappa shape index (κ1) is 104. The van der Waals surface area contributed by atoms with Gasteiger partial charge in [-0.1, -0.05) is 300 Å². The lowest BCUT2D eigenvalue weighted by Crippen LogP contribution is -2.30. The highest BCUT2D eigenvalue weighted by Gasteiger charge is 2.30. The fourth-order valence-corrected chi connectivity index (χ4v) is 12.0. The highest BCUT2D eigenvalue weighted by atomic mass is 31.2. The smallest absolute Gasteiger partial charge is 0.462 e. The van der Waals surface area contributed by atoms with Gasteiger partial charge in [-0.15, -0.1) is 0 Å². The van der Waals surface area contributed by atoms with E-state index in [0.29, 0.717) is 44.9 Å². The molecule has 0 fully saturated rings. The molecule has 0 rings (SSSR count). The van der Waals surface area contributed by atoms with Crippen molar-refractivity contribution in [3.63, 3.8) is 0 Å². The van der Waals surface area contributed by atoms with Crippen LogP contribution in [0, 0.1) is 0 Å². The summed E-state index contributed by atoms with van der Waals surface area (Å²) in [6, 6.07) is 0. The first-order valence-corrected chi connectivity index (χ1v) is 45.0. The van der Waals surface area contributed by atoms with Crippen LogP contribution in [0.2, 0.25) is 0 Å². The Bertz CT molecular complexity index is 2800. The van der Waals surface area contributed by atoms with E-state index < -0.39 is 97.5 Å². The van der Waals surface area contributed by atoms with Crippen LogP contribution in [0.1, 0.15) is 310 Å². The number of hydrogen-bond donors (Lipinski definition) is 3. The van der Waals surface area contributed by atoms with Crippen molar-refractivity contribution in [3.8, 4) is 0 Å². The molecule has 17 nitrogen and oxygen atoms in total. The summed E-state index contributed by atoms with van der Waals surface area (Å²) < 4.78 is 68.5. The number of hydrogen-bond acceptors (Lipinski definition) is 15. The van der Waals surface area contributed by atoms with E-state index in [9.17, 15) is 43.2 Å². The Morgan fingerprint density at radius 2 is 0.473 bits per heavy atom. The Morgan fingerprint density at radius 1 is 0.255 bits per heavy atom. The number of allylic oxidation sites excluding steroid dienone is 30. The number of carbonyl (C=O) groups is 4. The molecule has 3 N–H and O–H groups in total. The number of aliphatic hydroxyl groups is 1. The molecule has 5 atom stereocenters. The largest absolute Gasteiger partial charge is 0.472 e. The molecule has 0 aliphatic heterocycles. The van der Waals surface area contributed by atoms with E-state index >= 15 is 0 Å². The Labute approximate surface area is 666 Å². The monoisotopic (exact) mass is 1580 g/mol. The molecule has 0 aromatic rings. The van der Waals surface area contributed by atoms with Crippen molar-refractivity contribution in [2.24, 2.45) is 0 Å². The SMILES string of the molecule is CCCCC/C=C\C/C=C\C/C=C\C/C=C\C/C=C\CCC(=O)OC[C@H](COP(=O)(O)OC[C@@H](O)COP(=O)(O)OC[C@@H](COC(=O)CCCCCCC/C=C\CCCCCCCC)OC(=O)CC/C=C\C/C=C\C/C=C\C/C=C\C/C=C\CCCCC)OC(=O)CCC/C=C\C/C=C\C/C=C\C/C=C\CCCCC. The van der Waals surface area contributed by atoms with Gasteiger partial charge in [0.05, 0.1) is 26.4 Å². The molecule has 0 radical (unpaired) electrons. The molecule has 0 saturated carbocycles. The quantitative estimate of drug-likeness (QED) is 0.0169. The molecule has 0 spiro atoms. The minimum Gasteiger partial charge on any atom is -0.462 e. The van der Waals surface area contributed by atoms with Gasteiger partial charge in [0.25, 0.3) is 0 Å². The highest BCUT2D eigenvalue weighted by molar-refractivity contribution is 7.47. The third-order valence-corrected chi connectivity index (χ3v) is 18.7. The fourth-order valence-electron chi connectivity index (χ4n) is 10.4. The van der Waals surface area contributed by atoms with E-state index in [1.165, 1.54) is 96.3 Å². The average molecular weight is 1580 g/mol. The predicted molar refractivity (Wildman–Crippen MR) is 454 cm³/mol. The standard InChI is InChI=1S/C91H148O17P2/c1-5-9-13-17-21-25-29-33-37-40-42-45-48-52-56-60-64-68-72-76-89(94)102-82-87(107-90(95)77-73-69-65-61-57-53-49-44-39-35-31-27-23-19-15-11-7-3)84-106-110(99,100)104-80-85(92)79-103-109(97,98)105-83-86(81-101-88(93)75-71-67-63-59-55-51-47-36-32-28-24-20-16-12-8-4)108-91(96)78-74-70-66-62-58-54-50-46-43-41-38-34-30-26-22-18-14-10-6-2/h21-23,25-27,33-39,42-43,45-47,49,52-54,56,58,61,64-66,68,70,85-87,92H,5-20,24,28-32,40-41,44,48,50-51,55,57,59-60,62-63,67,69,71-84H2,1-4H3,(H,97,98)(H,99,100)/b25-21-,26-22-,27-23-,37-33-,38-34-,39-35-,45-42-,46-43-,47-36-,53-49-,56-52-,58-54-,65-61-,68-64-,70-66-/t85-,86+,87+/m0/s1. The zero-order valence-electron chi connectivity index (χ0n) is 68.4. The molecular weight excluding hydrogens is 1430 g/mol. The third kappa shape index (κ3) is 80.2. The number of phosphoric acid groups is 2. The molecule has 19 heteroatoms. The average Bonchev–Trinajstić information content (AvgIpc) is 0.906. The molecule has 110 heavy (non-hydrogen) atoms. The number of carbonyl (C=O) groups excluding carboxylic acids is 4. The number of phosphoric ester groups is 2. The number of esters is 4. The van der Waals surface area contributed by atoms with Crippen molar-refractivity contribution in [3.05, 3.63) is 182 Å². The number of ether oxygens (including phenoxy) is 4.